The first-order chi connectivity index (χ1) is 17.9. The van der Waals surface area contributed by atoms with Crippen LogP contribution < -0.4 is 10.6 Å². The van der Waals surface area contributed by atoms with Gasteiger partial charge in [-0.3, -0.25) is 19.9 Å². The van der Waals surface area contributed by atoms with Gasteiger partial charge in [-0.25, -0.2) is 14.6 Å². The highest BCUT2D eigenvalue weighted by Gasteiger charge is 2.44. The summed E-state index contributed by atoms with van der Waals surface area (Å²) in [4.78, 5) is 50.2. The van der Waals surface area contributed by atoms with E-state index in [2.05, 4.69) is 10.6 Å². The van der Waals surface area contributed by atoms with Gasteiger partial charge in [-0.1, -0.05) is 30.3 Å². The molecule has 3 rings (SSSR count). The second-order valence-corrected chi connectivity index (χ2v) is 9.11. The summed E-state index contributed by atoms with van der Waals surface area (Å²) < 4.78 is 15.3. The van der Waals surface area contributed by atoms with Gasteiger partial charge in [0.1, 0.15) is 18.7 Å². The number of ether oxygens (including phenoxy) is 3. The van der Waals surface area contributed by atoms with Crippen LogP contribution in [0.2, 0.25) is 0 Å². The molecule has 1 aromatic rings. The molecule has 204 valence electrons. The van der Waals surface area contributed by atoms with Crippen LogP contribution in [-0.4, -0.2) is 85.4 Å². The fourth-order valence-electron chi connectivity index (χ4n) is 4.67. The molecule has 0 saturated carbocycles. The van der Waals surface area contributed by atoms with E-state index in [1.165, 1.54) is 12.1 Å². The molecule has 0 aliphatic carbocycles. The molecule has 2 amide bonds. The number of nitrogens with zero attached hydrogens (tertiary/aromatic N) is 2. The van der Waals surface area contributed by atoms with Crippen molar-refractivity contribution in [2.75, 3.05) is 33.4 Å². The topological polar surface area (TPSA) is 127 Å². The summed E-state index contributed by atoms with van der Waals surface area (Å²) in [5.74, 6) is -1.09. The Morgan fingerprint density at radius 1 is 1.08 bits per heavy atom. The molecule has 2 heterocycles. The van der Waals surface area contributed by atoms with Gasteiger partial charge >= 0.3 is 18.0 Å². The molecular weight excluding hydrogens is 480 g/mol. The minimum Gasteiger partial charge on any atom is -0.467 e. The van der Waals surface area contributed by atoms with Crippen LogP contribution in [0, 0.1) is 0 Å². The normalized spacial score (nSPS) is 20.5. The Hall–Kier alpha value is -3.18. The fraction of sp³-hybridized carbons (Fsp3) is 0.615. The lowest BCUT2D eigenvalue weighted by Gasteiger charge is -2.48. The Balaban J connectivity index is 1.47. The summed E-state index contributed by atoms with van der Waals surface area (Å²) in [5.41, 5.74) is 0.906. The van der Waals surface area contributed by atoms with Crippen molar-refractivity contribution in [2.45, 2.75) is 70.2 Å². The van der Waals surface area contributed by atoms with Crippen LogP contribution in [0.5, 0.6) is 0 Å². The lowest BCUT2D eigenvalue weighted by Crippen LogP contribution is -2.67. The van der Waals surface area contributed by atoms with Crippen molar-refractivity contribution < 1.29 is 33.4 Å². The molecule has 3 unspecified atom stereocenters. The predicted molar refractivity (Wildman–Crippen MR) is 134 cm³/mol. The van der Waals surface area contributed by atoms with Gasteiger partial charge in [0.15, 0.2) is 0 Å². The van der Waals surface area contributed by atoms with Crippen LogP contribution >= 0.6 is 0 Å². The fourth-order valence-corrected chi connectivity index (χ4v) is 4.67. The molecule has 0 spiro atoms. The van der Waals surface area contributed by atoms with Crippen molar-refractivity contribution in [1.82, 2.24) is 20.7 Å². The first-order valence-corrected chi connectivity index (χ1v) is 13.0. The van der Waals surface area contributed by atoms with Gasteiger partial charge in [-0.05, 0) is 51.0 Å². The molecule has 2 saturated heterocycles. The largest absolute Gasteiger partial charge is 0.467 e. The van der Waals surface area contributed by atoms with Crippen LogP contribution in [0.15, 0.2) is 30.3 Å². The van der Waals surface area contributed by atoms with E-state index in [4.69, 9.17) is 14.2 Å². The highest BCUT2D eigenvalue weighted by atomic mass is 16.5. The summed E-state index contributed by atoms with van der Waals surface area (Å²) in [6.07, 6.45) is 3.06. The number of rotatable bonds is 12. The lowest BCUT2D eigenvalue weighted by atomic mass is 10.0. The third-order valence-corrected chi connectivity index (χ3v) is 6.54. The zero-order chi connectivity index (χ0) is 26.6. The number of nitrogens with one attached hydrogen (secondary N) is 2. The summed E-state index contributed by atoms with van der Waals surface area (Å²) in [6, 6.07) is 7.49. The number of alkyl carbamates (subject to hydrolysis) is 1. The second-order valence-electron chi connectivity index (χ2n) is 9.11. The molecule has 3 atom stereocenters. The second kappa shape index (κ2) is 14.5. The van der Waals surface area contributed by atoms with E-state index in [0.717, 1.165) is 12.0 Å². The van der Waals surface area contributed by atoms with E-state index in [1.54, 1.807) is 6.92 Å². The molecule has 37 heavy (non-hydrogen) atoms. The van der Waals surface area contributed by atoms with Crippen molar-refractivity contribution in [3.8, 4) is 0 Å². The molecule has 2 fully saturated rings. The average Bonchev–Trinajstić information content (AvgIpc) is 2.92. The Morgan fingerprint density at radius 2 is 1.86 bits per heavy atom. The molecule has 0 bridgehead atoms. The van der Waals surface area contributed by atoms with Crippen molar-refractivity contribution in [1.29, 1.82) is 0 Å². The maximum atomic E-state index is 13.3. The van der Waals surface area contributed by atoms with Crippen LogP contribution in [0.25, 0.3) is 0 Å². The smallest absolute Gasteiger partial charge is 0.407 e. The molecule has 11 nitrogen and oxygen atoms in total. The van der Waals surface area contributed by atoms with Gasteiger partial charge in [-0.2, -0.15) is 0 Å². The number of hydrogen-bond acceptors (Lipinski definition) is 9. The van der Waals surface area contributed by atoms with Crippen molar-refractivity contribution in [2.24, 2.45) is 0 Å². The number of hydrazine groups is 1. The number of amides is 2. The van der Waals surface area contributed by atoms with E-state index in [9.17, 15) is 19.2 Å². The third-order valence-electron chi connectivity index (χ3n) is 6.54. The number of unbranched alkanes of at least 4 members (excludes halogenated alkanes) is 1. The van der Waals surface area contributed by atoms with Gasteiger partial charge in [0.25, 0.3) is 5.91 Å². The third kappa shape index (κ3) is 8.16. The van der Waals surface area contributed by atoms with Crippen LogP contribution in [0.1, 0.15) is 51.0 Å². The Kier molecular flexibility index (Phi) is 11.2. The van der Waals surface area contributed by atoms with Crippen molar-refractivity contribution in [3.05, 3.63) is 35.9 Å². The van der Waals surface area contributed by atoms with E-state index >= 15 is 0 Å². The zero-order valence-electron chi connectivity index (χ0n) is 21.6. The highest BCUT2D eigenvalue weighted by molar-refractivity contribution is 5.88. The maximum Gasteiger partial charge on any atom is 0.407 e. The number of hydrogen-bond donors (Lipinski definition) is 2. The van der Waals surface area contributed by atoms with Crippen LogP contribution in [-0.2, 0) is 35.2 Å². The zero-order valence-corrected chi connectivity index (χ0v) is 21.6. The van der Waals surface area contributed by atoms with Gasteiger partial charge in [0, 0.05) is 19.6 Å². The quantitative estimate of drug-likeness (QED) is 0.242. The van der Waals surface area contributed by atoms with Crippen molar-refractivity contribution >= 4 is 23.9 Å². The van der Waals surface area contributed by atoms with Gasteiger partial charge < -0.3 is 19.5 Å². The van der Waals surface area contributed by atoms with Crippen LogP contribution in [0.3, 0.4) is 0 Å². The number of benzene rings is 1. The molecular formula is C26H38N4O7. The predicted octanol–water partition coefficient (Wildman–Crippen LogP) is 1.76. The van der Waals surface area contributed by atoms with Gasteiger partial charge in [-0.15, -0.1) is 0 Å². The van der Waals surface area contributed by atoms with Crippen molar-refractivity contribution in [3.63, 3.8) is 0 Å². The van der Waals surface area contributed by atoms with Gasteiger partial charge in [0.05, 0.1) is 19.8 Å². The van der Waals surface area contributed by atoms with E-state index in [-0.39, 0.29) is 19.1 Å². The number of fused-ring (bicyclic) bond motifs is 1. The molecule has 2 aliphatic heterocycles. The number of carbonyl (C=O) groups is 4. The monoisotopic (exact) mass is 518 g/mol. The van der Waals surface area contributed by atoms with E-state index in [1.807, 2.05) is 35.3 Å². The van der Waals surface area contributed by atoms with Crippen LogP contribution in [0.4, 0.5) is 4.79 Å². The van der Waals surface area contributed by atoms with E-state index in [0.29, 0.717) is 51.7 Å². The summed E-state index contributed by atoms with van der Waals surface area (Å²) in [6.45, 7) is 3.86. The molecule has 0 aromatic heterocycles. The van der Waals surface area contributed by atoms with Gasteiger partial charge in [0.2, 0.25) is 0 Å². The molecule has 11 heteroatoms. The minimum atomic E-state index is -0.674. The minimum absolute atomic E-state index is 0.197. The SMILES string of the molecule is CCOC(=O)C(CCCCNC(=O)OCc1ccccc1)NC1CCN2CCCC(C(=O)OC)N2C1=O. The molecule has 0 radical (unpaired) electrons. The summed E-state index contributed by atoms with van der Waals surface area (Å²) >= 11 is 0. The number of methoxy groups -OCH3 is 1. The summed E-state index contributed by atoms with van der Waals surface area (Å²) in [7, 11) is 1.32. The number of esters is 2. The average molecular weight is 519 g/mol. The Bertz CT molecular complexity index is 913. The lowest BCUT2D eigenvalue weighted by molar-refractivity contribution is -0.185. The molecule has 1 aromatic carbocycles. The highest BCUT2D eigenvalue weighted by Crippen LogP contribution is 2.25. The Morgan fingerprint density at radius 3 is 2.59 bits per heavy atom. The first kappa shape index (κ1) is 28.4. The molecule has 2 aliphatic rings. The van der Waals surface area contributed by atoms with E-state index < -0.39 is 36.2 Å². The standard InChI is InChI=1S/C26H38N4O7/c1-3-36-24(32)21(12-7-8-15-27-26(34)37-18-19-10-5-4-6-11-19)28-20-14-17-29-16-9-13-22(25(33)35-2)30(29)23(20)31/h4-6,10-11,20-22,28H,3,7-9,12-18H2,1-2H3,(H,27,34). The Labute approximate surface area is 217 Å². The first-order valence-electron chi connectivity index (χ1n) is 13.0. The maximum absolute atomic E-state index is 13.3. The molecule has 2 N–H and O–H groups in total. The number of carbonyl (C=O) groups excluding carboxylic acids is 4. The summed E-state index contributed by atoms with van der Waals surface area (Å²) in [5, 5.41) is 9.30.